The Balaban J connectivity index is -0.000000255. The van der Waals surface area contributed by atoms with Crippen LogP contribution < -0.4 is 4.70 Å². The van der Waals surface area contributed by atoms with E-state index in [4.69, 9.17) is 102 Å². The molecule has 708 valence electrons. The summed E-state index contributed by atoms with van der Waals surface area (Å²) in [5.41, 5.74) is 13.0. The number of aromatic nitrogens is 1. The third-order valence-corrected chi connectivity index (χ3v) is 14.4. The van der Waals surface area contributed by atoms with Crippen LogP contribution in [0.1, 0.15) is 81.3 Å². The van der Waals surface area contributed by atoms with Crippen molar-refractivity contribution in [1.82, 2.24) is 4.98 Å². The first-order chi connectivity index (χ1) is 56.6. The van der Waals surface area contributed by atoms with E-state index in [9.17, 15) is 53.4 Å². The van der Waals surface area contributed by atoms with E-state index in [1.807, 2.05) is 226 Å². The molecular weight excluding hydrogens is 2300 g/mol. The van der Waals surface area contributed by atoms with Crippen molar-refractivity contribution in [3.05, 3.63) is 396 Å². The van der Waals surface area contributed by atoms with Gasteiger partial charge in [-0.1, -0.05) is 281 Å². The Morgan fingerprint density at radius 3 is 1.16 bits per heavy atom. The number of hydrogen-bond donors (Lipinski definition) is 9. The fourth-order valence-corrected chi connectivity index (χ4v) is 9.94. The first-order valence-corrected chi connectivity index (χ1v) is 35.1. The van der Waals surface area contributed by atoms with E-state index in [1.54, 1.807) is 81.1 Å². The summed E-state index contributed by atoms with van der Waals surface area (Å²) in [5.74, 6) is 0.502. The number of aliphatic hydroxyl groups excluding tert-OH is 1. The van der Waals surface area contributed by atoms with Crippen LogP contribution in [-0.2, 0) is 144 Å². The van der Waals surface area contributed by atoms with Gasteiger partial charge in [-0.2, -0.15) is 0 Å². The number of pyridine rings is 1. The Hall–Kier alpha value is -10.8. The van der Waals surface area contributed by atoms with E-state index in [2.05, 4.69) is 35.9 Å². The molecule has 3 unspecified atom stereocenters. The van der Waals surface area contributed by atoms with Crippen molar-refractivity contribution in [1.29, 1.82) is 0 Å². The number of fused-ring (bicyclic) bond motifs is 4. The number of halogens is 10. The van der Waals surface area contributed by atoms with Crippen LogP contribution in [0.15, 0.2) is 304 Å². The van der Waals surface area contributed by atoms with Crippen LogP contribution in [0.3, 0.4) is 0 Å². The quantitative estimate of drug-likeness (QED) is 0.0104. The van der Waals surface area contributed by atoms with E-state index in [0.717, 1.165) is 44.5 Å². The fraction of sp³-hybridized carbons (Fsp3) is 0.107. The van der Waals surface area contributed by atoms with Crippen molar-refractivity contribution < 1.29 is 253 Å². The van der Waals surface area contributed by atoms with Gasteiger partial charge in [0, 0.05) is 59.4 Å². The Bertz CT molecular complexity index is 4920. The van der Waals surface area contributed by atoms with Crippen molar-refractivity contribution in [2.75, 3.05) is 14.2 Å². The summed E-state index contributed by atoms with van der Waals surface area (Å²) in [6, 6.07) is 79.4. The molecule has 127 heavy (non-hydrogen) atoms. The van der Waals surface area contributed by atoms with Gasteiger partial charge in [0.2, 0.25) is 0 Å². The van der Waals surface area contributed by atoms with Crippen molar-refractivity contribution >= 4 is 55.7 Å². The maximum Gasteiger partial charge on any atom is 1.00 e. The zero-order valence-electron chi connectivity index (χ0n) is 64.6. The number of methoxy groups -OCH3 is 2. The Labute approximate surface area is 808 Å². The molecule has 10 aromatic rings. The number of rotatable bonds is 12. The molecule has 2 aliphatic rings. The first-order valence-electron chi connectivity index (χ1n) is 33.0. The van der Waals surface area contributed by atoms with Gasteiger partial charge >= 0.3 is 175 Å². The van der Waals surface area contributed by atoms with Crippen molar-refractivity contribution in [2.45, 2.75) is 32.2 Å². The molecule has 3 atom stereocenters. The topological polar surface area (TPSA) is 552 Å². The van der Waals surface area contributed by atoms with Gasteiger partial charge in [-0.15, -0.1) is 0 Å². The molecule has 0 aliphatic heterocycles. The average Bonchev–Trinajstić information content (AvgIpc) is 1.61. The van der Waals surface area contributed by atoms with Gasteiger partial charge < -0.3 is 122 Å². The molecule has 1 aromatic heterocycles. The molecule has 0 radical (unpaired) electrons. The van der Waals surface area contributed by atoms with E-state index >= 15 is 0 Å². The molecule has 0 saturated heterocycles. The molecular formula is C75H71Ag6BF10N11O23P. The molecule has 52 heteroatoms. The maximum absolute atomic E-state index is 10.7. The summed E-state index contributed by atoms with van der Waals surface area (Å²) in [6.45, 7) is 4.06. The van der Waals surface area contributed by atoms with Gasteiger partial charge in [0.05, 0.1) is 31.6 Å². The maximum atomic E-state index is 10.1. The van der Waals surface area contributed by atoms with Crippen LogP contribution in [0.25, 0.3) is 17.2 Å². The second kappa shape index (κ2) is 67.5. The Kier molecular flexibility index (Phi) is 68.7. The molecule has 0 amide bonds. The zero-order chi connectivity index (χ0) is 90.6. The number of benzene rings is 9. The van der Waals surface area contributed by atoms with Crippen molar-refractivity contribution in [2.24, 2.45) is 36.9 Å². The zero-order valence-corrected chi connectivity index (χ0v) is 74.4. The molecule has 12 rings (SSSR count). The van der Waals surface area contributed by atoms with Gasteiger partial charge in [-0.3, -0.25) is 17.9 Å². The number of aliphatic hydroxyl groups is 1. The summed E-state index contributed by atoms with van der Waals surface area (Å²) in [7, 11) is -11.1. The number of nitrogens with zero attached hydrogens (tertiary/aromatic N) is 11. The van der Waals surface area contributed by atoms with Crippen LogP contribution in [-0.4, -0.2) is 140 Å². The number of phenolic OH excluding ortho intramolecular Hbond substituents is 2. The number of aromatic hydroxyl groups is 2. The largest absolute Gasteiger partial charge is 1.00 e. The summed E-state index contributed by atoms with van der Waals surface area (Å²) in [6.07, 6.45) is 4.15. The minimum Gasteiger partial charge on any atom is -1.00 e. The van der Waals surface area contributed by atoms with E-state index < -0.39 is 41.8 Å². The van der Waals surface area contributed by atoms with E-state index in [0.29, 0.717) is 56.5 Å². The summed E-state index contributed by atoms with van der Waals surface area (Å²) in [5, 5.41) is 162. The number of oxime groups is 6. The first kappa shape index (κ1) is 129. The van der Waals surface area contributed by atoms with Crippen molar-refractivity contribution in [3.63, 3.8) is 0 Å². The van der Waals surface area contributed by atoms with Crippen LogP contribution in [0, 0.1) is 67.2 Å². The number of hydrogen-bond acceptors (Lipinski definition) is 30. The number of para-hydroxylation sites is 1. The predicted octanol–water partition coefficient (Wildman–Crippen LogP) is 14.9. The van der Waals surface area contributed by atoms with Crippen LogP contribution in [0.4, 0.5) is 38.1 Å². The van der Waals surface area contributed by atoms with Gasteiger partial charge in [-0.05, 0) is 64.6 Å². The summed E-state index contributed by atoms with van der Waals surface area (Å²) in [4.78, 5) is 37.1. The Morgan fingerprint density at radius 1 is 0.441 bits per heavy atom. The minimum atomic E-state index is -10.7. The normalized spacial score (nSPS) is 12.8. The SMILES string of the molecule is COC(C(=NO)c1ccccc1)C(C)C.COC1C=Cc2ccccc2C1=NO.FB(F)F.F[P-](F)(F)(F)(F)F.O=[N+]([O-])[O-].O=[N+]([O-])[O-].O=[N+]([O-])[O-].O=[N+]([O-])[O-].ON=C(c1ccccc1)C(O)c1ccccc1.ON=C(c1ccccc1)c1ccccc1O.ON=C(c1ccccc1)c1ccccn1.ON=C1c2ccccc2-c2cccc(O)c21.[Ag+].[Ag+].[Ag+].[Ag+].[Ag+].[Ag+].[F-]. The van der Waals surface area contributed by atoms with E-state index in [-0.39, 0.29) is 174 Å². The molecule has 34 nitrogen and oxygen atoms in total. The molecule has 9 N–H and O–H groups in total. The van der Waals surface area contributed by atoms with Crippen molar-refractivity contribution in [3.8, 4) is 22.6 Å². The standard InChI is InChI=1S/C14H13NO2.C13H9NO2.C13H11NO2.C12H10N2O.C12H17NO2.C11H11NO2.6Ag.BF3.F6P.FH.4NO3/c16-14(12-9-5-2-6-10-12)13(15-17)11-7-3-1-4-8-11;15-11-7-3-6-9-8-4-1-2-5-10(8)13(14-16)12(9)11;15-12-9-5-4-8-11(12)13(14-16)10-6-2-1-3-7-10;15-14-12(10-6-2-1-3-7-10)11-8-4-5-9-13-11;1-9(2)12(15-3)11(13-14)10-7-5-4-6-8-10;1-14-10-7-6-8-4-2-3-5-9(8)11(10)12-13;;;;;;;2-1(3)4;1-7(2,3,4,5)6;;4*2-1(3)4/h1-10,14,16-17H;1-7,15-16H;1-9,15-16H;1-9,15H;4-9,12,14H,1-3H3;2-7,10,13H,1H3;;;;;;;;;1H;;;;/q;;;;;;6*+1;;-1;;4*-1/p-1. The minimum absolute atomic E-state index is 0. The second-order valence-electron chi connectivity index (χ2n) is 22.7. The van der Waals surface area contributed by atoms with Gasteiger partial charge in [0.1, 0.15) is 64.1 Å². The molecule has 0 fully saturated rings. The second-order valence-corrected chi connectivity index (χ2v) is 24.6. The summed E-state index contributed by atoms with van der Waals surface area (Å²) >= 11 is 0. The molecule has 0 saturated carbocycles. The third kappa shape index (κ3) is 54.1. The third-order valence-electron chi connectivity index (χ3n) is 14.4. The average molecular weight is 2370 g/mol. The van der Waals surface area contributed by atoms with E-state index in [1.165, 1.54) is 0 Å². The molecule has 9 aromatic carbocycles. The van der Waals surface area contributed by atoms with Crippen LogP contribution >= 0.6 is 7.81 Å². The molecule has 1 heterocycles. The Morgan fingerprint density at radius 2 is 0.787 bits per heavy atom. The van der Waals surface area contributed by atoms with Gasteiger partial charge in [0.25, 0.3) is 0 Å². The monoisotopic (exact) mass is 2370 g/mol. The molecule has 2 aliphatic carbocycles. The number of phenols is 2. The number of ether oxygens (including phenoxy) is 2. The van der Waals surface area contributed by atoms with Crippen LogP contribution in [0.2, 0.25) is 0 Å². The van der Waals surface area contributed by atoms with Crippen LogP contribution in [0.5, 0.6) is 11.5 Å². The molecule has 0 bridgehead atoms. The predicted molar refractivity (Wildman–Crippen MR) is 426 cm³/mol. The smallest absolute Gasteiger partial charge is 1.00 e. The van der Waals surface area contributed by atoms with Gasteiger partial charge in [-0.25, -0.2) is 0 Å². The molecule has 0 spiro atoms. The van der Waals surface area contributed by atoms with Gasteiger partial charge in [0.15, 0.2) is 0 Å². The fourth-order valence-electron chi connectivity index (χ4n) is 9.94. The summed E-state index contributed by atoms with van der Waals surface area (Å²) < 4.78 is 98.7.